The van der Waals surface area contributed by atoms with Gasteiger partial charge in [0.05, 0.1) is 0 Å². The van der Waals surface area contributed by atoms with Crippen LogP contribution in [0, 0.1) is 34.9 Å². The summed E-state index contributed by atoms with van der Waals surface area (Å²) in [6.45, 7) is 0. The molecule has 2 saturated carbocycles. The minimum absolute atomic E-state index is 0.291. The second-order valence-electron chi connectivity index (χ2n) is 6.77. The predicted octanol–water partition coefficient (Wildman–Crippen LogP) is 5.51. The van der Waals surface area contributed by atoms with Crippen molar-refractivity contribution in [3.63, 3.8) is 0 Å². The van der Waals surface area contributed by atoms with Crippen molar-refractivity contribution in [1.29, 1.82) is 0 Å². The summed E-state index contributed by atoms with van der Waals surface area (Å²) in [6, 6.07) is 1.09. The van der Waals surface area contributed by atoms with Gasteiger partial charge in [0.1, 0.15) is 0 Å². The van der Waals surface area contributed by atoms with Gasteiger partial charge in [0.2, 0.25) is 0 Å². The third-order valence-corrected chi connectivity index (χ3v) is 4.86. The molecule has 26 heavy (non-hydrogen) atoms. The molecule has 2 fully saturated rings. The Kier molecular flexibility index (Phi) is 3.86. The van der Waals surface area contributed by atoms with E-state index in [2.05, 4.69) is 0 Å². The van der Waals surface area contributed by atoms with Gasteiger partial charge in [0, 0.05) is 22.3 Å². The molecule has 0 saturated heterocycles. The molecule has 0 atom stereocenters. The lowest BCUT2D eigenvalue weighted by Crippen LogP contribution is -2.14. The summed E-state index contributed by atoms with van der Waals surface area (Å²) in [7, 11) is 0. The molecule has 2 aromatic rings. The Labute approximate surface area is 144 Å². The van der Waals surface area contributed by atoms with E-state index in [-0.39, 0.29) is 11.1 Å². The van der Waals surface area contributed by atoms with Gasteiger partial charge in [0.15, 0.2) is 40.7 Å². The number of carbonyl (C=O) groups is 1. The zero-order chi connectivity index (χ0) is 18.7. The van der Waals surface area contributed by atoms with Gasteiger partial charge in [-0.05, 0) is 49.7 Å². The SMILES string of the molecule is O=C(c1cc(F)c(F)c(F)c1C1CC1)c1cc(F)c(F)c(F)c1C1CC1. The molecule has 2 aliphatic rings. The van der Waals surface area contributed by atoms with E-state index >= 15 is 0 Å². The van der Waals surface area contributed by atoms with Gasteiger partial charge >= 0.3 is 0 Å². The topological polar surface area (TPSA) is 17.1 Å². The van der Waals surface area contributed by atoms with Crippen LogP contribution in [0.15, 0.2) is 12.1 Å². The summed E-state index contributed by atoms with van der Waals surface area (Å²) in [4.78, 5) is 12.9. The fraction of sp³-hybridized carbons (Fsp3) is 0.316. The first-order valence-electron chi connectivity index (χ1n) is 8.20. The maximum absolute atomic E-state index is 14.2. The number of rotatable bonds is 4. The lowest BCUT2D eigenvalue weighted by molar-refractivity contribution is 0.103. The van der Waals surface area contributed by atoms with E-state index in [0.717, 1.165) is 0 Å². The highest BCUT2D eigenvalue weighted by Gasteiger charge is 2.38. The summed E-state index contributed by atoms with van der Waals surface area (Å²) < 4.78 is 83.0. The van der Waals surface area contributed by atoms with Crippen LogP contribution in [-0.4, -0.2) is 5.78 Å². The van der Waals surface area contributed by atoms with Crippen molar-refractivity contribution in [1.82, 2.24) is 0 Å². The smallest absolute Gasteiger partial charge is 0.194 e. The van der Waals surface area contributed by atoms with E-state index in [4.69, 9.17) is 0 Å². The lowest BCUT2D eigenvalue weighted by atomic mass is 9.90. The number of carbonyl (C=O) groups excluding carboxylic acids is 1. The third-order valence-electron chi connectivity index (χ3n) is 4.86. The van der Waals surface area contributed by atoms with Crippen molar-refractivity contribution in [2.24, 2.45) is 0 Å². The highest BCUT2D eigenvalue weighted by molar-refractivity contribution is 6.11. The standard InChI is InChI=1S/C19H12F6O/c20-11-5-9(13(7-1-2-7)17(24)15(11)22)19(26)10-6-12(21)16(23)18(25)14(10)8-3-4-8/h5-8H,1-4H2. The Morgan fingerprint density at radius 1 is 0.654 bits per heavy atom. The second kappa shape index (κ2) is 5.86. The van der Waals surface area contributed by atoms with E-state index in [1.807, 2.05) is 0 Å². The molecule has 0 radical (unpaired) electrons. The first kappa shape index (κ1) is 17.1. The number of hydrogen-bond donors (Lipinski definition) is 0. The van der Waals surface area contributed by atoms with Crippen molar-refractivity contribution >= 4 is 5.78 Å². The molecule has 0 aliphatic heterocycles. The van der Waals surface area contributed by atoms with Gasteiger partial charge in [0.25, 0.3) is 0 Å². The van der Waals surface area contributed by atoms with Crippen LogP contribution in [0.3, 0.4) is 0 Å². The Balaban J connectivity index is 1.93. The number of halogens is 6. The molecule has 136 valence electrons. The predicted molar refractivity (Wildman–Crippen MR) is 80.0 cm³/mol. The third kappa shape index (κ3) is 2.61. The molecule has 0 amide bonds. The zero-order valence-electron chi connectivity index (χ0n) is 13.3. The molecule has 0 heterocycles. The molecule has 2 aromatic carbocycles. The average Bonchev–Trinajstić information content (AvgIpc) is 3.49. The largest absolute Gasteiger partial charge is 0.289 e. The molecule has 0 spiro atoms. The van der Waals surface area contributed by atoms with Crippen molar-refractivity contribution in [3.8, 4) is 0 Å². The summed E-state index contributed by atoms with van der Waals surface area (Å²) in [5, 5.41) is 0. The monoisotopic (exact) mass is 370 g/mol. The molecular formula is C19H12F6O. The fourth-order valence-corrected chi connectivity index (χ4v) is 3.28. The van der Waals surface area contributed by atoms with E-state index < -0.39 is 63.6 Å². The van der Waals surface area contributed by atoms with Crippen molar-refractivity contribution < 1.29 is 31.1 Å². The summed E-state index contributed by atoms with van der Waals surface area (Å²) in [5.74, 6) is -11.4. The highest BCUT2D eigenvalue weighted by Crippen LogP contribution is 2.47. The van der Waals surface area contributed by atoms with Gasteiger partial charge < -0.3 is 0 Å². The molecule has 0 aromatic heterocycles. The molecule has 0 bridgehead atoms. The molecule has 0 unspecified atom stereocenters. The van der Waals surface area contributed by atoms with E-state index in [1.165, 1.54) is 0 Å². The van der Waals surface area contributed by atoms with Crippen LogP contribution >= 0.6 is 0 Å². The Bertz CT molecular complexity index is 869. The van der Waals surface area contributed by atoms with Gasteiger partial charge in [-0.3, -0.25) is 4.79 Å². The van der Waals surface area contributed by atoms with Crippen LogP contribution in [0.4, 0.5) is 26.3 Å². The number of hydrogen-bond acceptors (Lipinski definition) is 1. The quantitative estimate of drug-likeness (QED) is 0.394. The summed E-state index contributed by atoms with van der Waals surface area (Å²) in [6.07, 6.45) is 1.96. The number of benzene rings is 2. The van der Waals surface area contributed by atoms with Crippen molar-refractivity contribution in [2.75, 3.05) is 0 Å². The normalized spacial score (nSPS) is 16.8. The van der Waals surface area contributed by atoms with Crippen molar-refractivity contribution in [2.45, 2.75) is 37.5 Å². The minimum Gasteiger partial charge on any atom is -0.289 e. The van der Waals surface area contributed by atoms with Gasteiger partial charge in [-0.25, -0.2) is 26.3 Å². The maximum Gasteiger partial charge on any atom is 0.194 e. The average molecular weight is 370 g/mol. The Hall–Kier alpha value is -2.31. The molecule has 2 aliphatic carbocycles. The van der Waals surface area contributed by atoms with E-state index in [1.54, 1.807) is 0 Å². The fourth-order valence-electron chi connectivity index (χ4n) is 3.28. The minimum atomic E-state index is -1.69. The van der Waals surface area contributed by atoms with Crippen LogP contribution in [0.25, 0.3) is 0 Å². The van der Waals surface area contributed by atoms with Crippen LogP contribution in [-0.2, 0) is 0 Å². The van der Waals surface area contributed by atoms with Crippen LogP contribution in [0.1, 0.15) is 64.6 Å². The first-order valence-corrected chi connectivity index (χ1v) is 8.20. The molecular weight excluding hydrogens is 358 g/mol. The number of ketones is 1. The molecule has 7 heteroatoms. The lowest BCUT2D eigenvalue weighted by Gasteiger charge is -2.14. The highest BCUT2D eigenvalue weighted by atomic mass is 19.2. The first-order chi connectivity index (χ1) is 12.3. The van der Waals surface area contributed by atoms with E-state index in [0.29, 0.717) is 37.8 Å². The van der Waals surface area contributed by atoms with Crippen LogP contribution in [0.2, 0.25) is 0 Å². The Morgan fingerprint density at radius 2 is 1.00 bits per heavy atom. The van der Waals surface area contributed by atoms with Gasteiger partial charge in [-0.2, -0.15) is 0 Å². The maximum atomic E-state index is 14.2. The van der Waals surface area contributed by atoms with Gasteiger partial charge in [-0.1, -0.05) is 0 Å². The van der Waals surface area contributed by atoms with Gasteiger partial charge in [-0.15, -0.1) is 0 Å². The Morgan fingerprint density at radius 3 is 1.31 bits per heavy atom. The summed E-state index contributed by atoms with van der Waals surface area (Å²) in [5.41, 5.74) is -1.53. The van der Waals surface area contributed by atoms with E-state index in [9.17, 15) is 31.1 Å². The zero-order valence-corrected chi connectivity index (χ0v) is 13.3. The van der Waals surface area contributed by atoms with Crippen LogP contribution < -0.4 is 0 Å². The molecule has 0 N–H and O–H groups in total. The van der Waals surface area contributed by atoms with Crippen LogP contribution in [0.5, 0.6) is 0 Å². The molecule has 4 rings (SSSR count). The second-order valence-corrected chi connectivity index (χ2v) is 6.77. The van der Waals surface area contributed by atoms with Crippen molar-refractivity contribution in [3.05, 3.63) is 69.3 Å². The summed E-state index contributed by atoms with van der Waals surface area (Å²) >= 11 is 0. The molecule has 1 nitrogen and oxygen atoms in total.